The minimum atomic E-state index is 0.204. The van der Waals surface area contributed by atoms with Crippen molar-refractivity contribution in [3.8, 4) is 0 Å². The van der Waals surface area contributed by atoms with Crippen LogP contribution in [0.25, 0.3) is 0 Å². The number of aryl methyl sites for hydroxylation is 1. The van der Waals surface area contributed by atoms with E-state index >= 15 is 0 Å². The van der Waals surface area contributed by atoms with Crippen LogP contribution in [0.2, 0.25) is 0 Å². The van der Waals surface area contributed by atoms with E-state index in [9.17, 15) is 0 Å². The van der Waals surface area contributed by atoms with Crippen LogP contribution < -0.4 is 4.57 Å². The molecule has 1 aliphatic heterocycles. The van der Waals surface area contributed by atoms with Crippen molar-refractivity contribution >= 4 is 12.0 Å². The molecule has 0 saturated heterocycles. The van der Waals surface area contributed by atoms with Gasteiger partial charge < -0.3 is 0 Å². The molecule has 126 valence electrons. The molecule has 2 heteroatoms. The number of nitrogens with zero attached hydrogens (tertiary/aromatic N) is 2. The highest BCUT2D eigenvalue weighted by molar-refractivity contribution is 5.55. The van der Waals surface area contributed by atoms with E-state index in [1.165, 1.54) is 33.6 Å². The molecular formula is C24H22N2+2. The number of benzene rings is 2. The van der Waals surface area contributed by atoms with E-state index in [0.717, 1.165) is 12.8 Å². The SMILES string of the molecule is Cc1ccccc1C1c2cccc[n+]2C=[N+]1c1cccc2c1CC=CC2. The van der Waals surface area contributed by atoms with Gasteiger partial charge in [0, 0.05) is 29.3 Å². The number of rotatable bonds is 2. The Bertz CT molecular complexity index is 1060. The second kappa shape index (κ2) is 6.06. The second-order valence-corrected chi connectivity index (χ2v) is 7.11. The van der Waals surface area contributed by atoms with Gasteiger partial charge in [0.25, 0.3) is 11.7 Å². The molecule has 0 radical (unpaired) electrons. The molecule has 0 bridgehead atoms. The minimum Gasteiger partial charge on any atom is -0.124 e. The number of allylic oxidation sites excluding steroid dienone is 2. The average Bonchev–Trinajstić information content (AvgIpc) is 3.07. The van der Waals surface area contributed by atoms with E-state index in [2.05, 4.69) is 101 Å². The average molecular weight is 338 g/mol. The van der Waals surface area contributed by atoms with Gasteiger partial charge in [-0.15, -0.1) is 9.14 Å². The molecule has 2 aliphatic rings. The first-order chi connectivity index (χ1) is 12.8. The maximum atomic E-state index is 2.45. The Morgan fingerprint density at radius 2 is 1.69 bits per heavy atom. The summed E-state index contributed by atoms with van der Waals surface area (Å²) in [5, 5.41) is 0. The highest BCUT2D eigenvalue weighted by Gasteiger charge is 2.43. The Hall–Kier alpha value is -3.00. The van der Waals surface area contributed by atoms with Crippen LogP contribution in [0, 0.1) is 6.92 Å². The smallest absolute Gasteiger partial charge is 0.124 e. The Morgan fingerprint density at radius 3 is 2.62 bits per heavy atom. The van der Waals surface area contributed by atoms with Crippen molar-refractivity contribution in [2.45, 2.75) is 25.8 Å². The summed E-state index contributed by atoms with van der Waals surface area (Å²) in [7, 11) is 0. The van der Waals surface area contributed by atoms with E-state index in [4.69, 9.17) is 0 Å². The van der Waals surface area contributed by atoms with Gasteiger partial charge in [-0.1, -0.05) is 48.6 Å². The number of hydrogen-bond donors (Lipinski definition) is 0. The standard InChI is InChI=1S/C24H22N2/c1-18-9-2-4-12-20(18)24-23-14-6-7-16-25(23)17-26(24)22-15-8-11-19-10-3-5-13-21(19)22/h2-9,11-12,14-17,24H,10,13H2,1H3/q+2. The zero-order valence-corrected chi connectivity index (χ0v) is 15.0. The molecule has 1 unspecified atom stereocenters. The van der Waals surface area contributed by atoms with Crippen LogP contribution in [0.4, 0.5) is 5.69 Å². The van der Waals surface area contributed by atoms with Crippen molar-refractivity contribution in [2.75, 3.05) is 0 Å². The Kier molecular flexibility index (Phi) is 3.56. The molecule has 0 spiro atoms. The van der Waals surface area contributed by atoms with E-state index < -0.39 is 0 Å². The molecule has 1 aromatic heterocycles. The molecule has 1 atom stereocenters. The lowest BCUT2D eigenvalue weighted by atomic mass is 9.93. The van der Waals surface area contributed by atoms with Crippen LogP contribution in [0.5, 0.6) is 0 Å². The lowest BCUT2D eigenvalue weighted by Crippen LogP contribution is -2.34. The Morgan fingerprint density at radius 1 is 0.846 bits per heavy atom. The molecule has 5 rings (SSSR count). The summed E-state index contributed by atoms with van der Waals surface area (Å²) >= 11 is 0. The lowest BCUT2D eigenvalue weighted by Gasteiger charge is -2.15. The first-order valence-corrected chi connectivity index (χ1v) is 9.27. The first-order valence-electron chi connectivity index (χ1n) is 9.27. The molecular weight excluding hydrogens is 316 g/mol. The van der Waals surface area contributed by atoms with Gasteiger partial charge in [-0.25, -0.2) is 0 Å². The third-order valence-electron chi connectivity index (χ3n) is 5.57. The van der Waals surface area contributed by atoms with Crippen LogP contribution in [0.15, 0.2) is 79.0 Å². The highest BCUT2D eigenvalue weighted by Crippen LogP contribution is 2.36. The second-order valence-electron chi connectivity index (χ2n) is 7.11. The molecule has 0 N–H and O–H groups in total. The predicted molar refractivity (Wildman–Crippen MR) is 104 cm³/mol. The maximum absolute atomic E-state index is 2.45. The van der Waals surface area contributed by atoms with Crippen LogP contribution in [-0.4, -0.2) is 10.9 Å². The van der Waals surface area contributed by atoms with Crippen LogP contribution >= 0.6 is 0 Å². The third kappa shape index (κ3) is 2.33. The van der Waals surface area contributed by atoms with Crippen molar-refractivity contribution in [3.63, 3.8) is 0 Å². The molecule has 2 aromatic carbocycles. The minimum absolute atomic E-state index is 0.204. The summed E-state index contributed by atoms with van der Waals surface area (Å²) in [6, 6.07) is 22.2. The maximum Gasteiger partial charge on any atom is 0.414 e. The normalized spacial score (nSPS) is 17.6. The Labute approximate surface area is 154 Å². The summed E-state index contributed by atoms with van der Waals surface area (Å²) in [5.41, 5.74) is 8.23. The van der Waals surface area contributed by atoms with E-state index in [-0.39, 0.29) is 6.04 Å². The number of aromatic nitrogens is 1. The van der Waals surface area contributed by atoms with Crippen LogP contribution in [0.3, 0.4) is 0 Å². The fraction of sp³-hybridized carbons (Fsp3) is 0.167. The molecule has 0 fully saturated rings. The number of hydrogen-bond acceptors (Lipinski definition) is 0. The molecule has 1 aliphatic carbocycles. The van der Waals surface area contributed by atoms with Gasteiger partial charge in [0.1, 0.15) is 0 Å². The topological polar surface area (TPSA) is 6.89 Å². The Balaban J connectivity index is 1.73. The van der Waals surface area contributed by atoms with Crippen molar-refractivity contribution in [2.24, 2.45) is 0 Å². The summed E-state index contributed by atoms with van der Waals surface area (Å²) in [5.74, 6) is 0. The summed E-state index contributed by atoms with van der Waals surface area (Å²) < 4.78 is 4.71. The number of fused-ring (bicyclic) bond motifs is 2. The molecule has 2 heterocycles. The molecule has 26 heavy (non-hydrogen) atoms. The largest absolute Gasteiger partial charge is 0.414 e. The summed E-state index contributed by atoms with van der Waals surface area (Å²) in [4.78, 5) is 0. The van der Waals surface area contributed by atoms with Crippen molar-refractivity contribution in [1.29, 1.82) is 0 Å². The van der Waals surface area contributed by atoms with Gasteiger partial charge in [-0.3, -0.25) is 0 Å². The quantitative estimate of drug-likeness (QED) is 0.487. The van der Waals surface area contributed by atoms with Gasteiger partial charge in [-0.05, 0) is 37.0 Å². The van der Waals surface area contributed by atoms with E-state index in [0.29, 0.717) is 0 Å². The zero-order valence-electron chi connectivity index (χ0n) is 15.0. The predicted octanol–water partition coefficient (Wildman–Crippen LogP) is 4.26. The van der Waals surface area contributed by atoms with E-state index in [1.807, 2.05) is 0 Å². The van der Waals surface area contributed by atoms with Crippen LogP contribution in [0.1, 0.15) is 34.0 Å². The first kappa shape index (κ1) is 15.3. The van der Waals surface area contributed by atoms with Gasteiger partial charge in [0.2, 0.25) is 5.69 Å². The lowest BCUT2D eigenvalue weighted by molar-refractivity contribution is -0.564. The molecule has 0 amide bonds. The monoisotopic (exact) mass is 338 g/mol. The van der Waals surface area contributed by atoms with Gasteiger partial charge >= 0.3 is 6.34 Å². The zero-order chi connectivity index (χ0) is 17.5. The molecule has 3 aromatic rings. The van der Waals surface area contributed by atoms with E-state index in [1.54, 1.807) is 0 Å². The van der Waals surface area contributed by atoms with Crippen molar-refractivity contribution in [1.82, 2.24) is 0 Å². The fourth-order valence-corrected chi connectivity index (χ4v) is 4.25. The summed E-state index contributed by atoms with van der Waals surface area (Å²) in [6.45, 7) is 2.21. The molecule has 2 nitrogen and oxygen atoms in total. The van der Waals surface area contributed by atoms with Crippen molar-refractivity contribution in [3.05, 3.63) is 107 Å². The van der Waals surface area contributed by atoms with Gasteiger partial charge in [0.15, 0.2) is 6.20 Å². The summed E-state index contributed by atoms with van der Waals surface area (Å²) in [6.07, 6.45) is 11.0. The van der Waals surface area contributed by atoms with Gasteiger partial charge in [-0.2, -0.15) is 0 Å². The number of pyridine rings is 1. The third-order valence-corrected chi connectivity index (χ3v) is 5.57. The fourth-order valence-electron chi connectivity index (χ4n) is 4.25. The van der Waals surface area contributed by atoms with Gasteiger partial charge in [0.05, 0.1) is 0 Å². The molecule has 0 saturated carbocycles. The highest BCUT2D eigenvalue weighted by atomic mass is 15.2. The van der Waals surface area contributed by atoms with Crippen molar-refractivity contribution < 1.29 is 9.14 Å². The van der Waals surface area contributed by atoms with Crippen LogP contribution in [-0.2, 0) is 12.8 Å².